The van der Waals surface area contributed by atoms with E-state index in [2.05, 4.69) is 20.1 Å². The van der Waals surface area contributed by atoms with Crippen LogP contribution in [0.25, 0.3) is 0 Å². The first-order valence-electron chi connectivity index (χ1n) is 8.91. The molecule has 1 N–H and O–H groups in total. The van der Waals surface area contributed by atoms with Crippen molar-refractivity contribution in [2.24, 2.45) is 0 Å². The van der Waals surface area contributed by atoms with E-state index >= 15 is 0 Å². The highest BCUT2D eigenvalue weighted by Gasteiger charge is 2.31. The molecule has 1 aliphatic carbocycles. The topological polar surface area (TPSA) is 59.8 Å². The van der Waals surface area contributed by atoms with Gasteiger partial charge in [0.05, 0.1) is 0 Å². The van der Waals surface area contributed by atoms with Crippen LogP contribution in [0.4, 0.5) is 5.69 Å². The van der Waals surface area contributed by atoms with Gasteiger partial charge in [0, 0.05) is 21.8 Å². The van der Waals surface area contributed by atoms with Crippen molar-refractivity contribution >= 4 is 46.6 Å². The van der Waals surface area contributed by atoms with Gasteiger partial charge in [0.1, 0.15) is 11.1 Å². The summed E-state index contributed by atoms with van der Waals surface area (Å²) in [7, 11) is 0. The number of carbonyl (C=O) groups is 1. The lowest BCUT2D eigenvalue weighted by Crippen LogP contribution is -2.19. The van der Waals surface area contributed by atoms with Crippen molar-refractivity contribution in [3.63, 3.8) is 0 Å². The molecule has 3 aromatic rings. The largest absolute Gasteiger partial charge is 0.325 e. The fourth-order valence-corrected chi connectivity index (χ4v) is 4.70. The predicted molar refractivity (Wildman–Crippen MR) is 113 cm³/mol. The minimum Gasteiger partial charge on any atom is -0.325 e. The molecular weight excluding hydrogens is 415 g/mol. The average molecular weight is 433 g/mol. The van der Waals surface area contributed by atoms with Gasteiger partial charge in [-0.15, -0.1) is 10.2 Å². The van der Waals surface area contributed by atoms with Crippen LogP contribution in [-0.4, -0.2) is 20.7 Å². The summed E-state index contributed by atoms with van der Waals surface area (Å²) in [5.74, 6) is 0.705. The van der Waals surface area contributed by atoms with Gasteiger partial charge >= 0.3 is 0 Å². The number of nitrogens with one attached hydrogen (secondary N) is 1. The highest BCUT2D eigenvalue weighted by Crippen LogP contribution is 2.42. The second-order valence-corrected chi connectivity index (χ2v) is 8.63. The molecule has 0 aliphatic heterocycles. The van der Waals surface area contributed by atoms with E-state index in [0.717, 1.165) is 29.4 Å². The lowest BCUT2D eigenvalue weighted by molar-refractivity contribution is -0.115. The number of rotatable bonds is 6. The van der Waals surface area contributed by atoms with Crippen LogP contribution in [0.15, 0.2) is 53.7 Å². The van der Waals surface area contributed by atoms with Gasteiger partial charge in [-0.2, -0.15) is 0 Å². The van der Waals surface area contributed by atoms with Crippen LogP contribution in [0, 0.1) is 6.92 Å². The number of aromatic nitrogens is 3. The number of anilines is 1. The number of benzene rings is 2. The number of halogens is 2. The number of thioether (sulfide) groups is 1. The molecule has 1 saturated carbocycles. The molecule has 4 rings (SSSR count). The van der Waals surface area contributed by atoms with Crippen molar-refractivity contribution < 1.29 is 4.79 Å². The van der Waals surface area contributed by atoms with Crippen molar-refractivity contribution in [2.75, 3.05) is 5.32 Å². The molecule has 0 spiro atoms. The van der Waals surface area contributed by atoms with Gasteiger partial charge in [0.2, 0.25) is 5.91 Å². The fourth-order valence-electron chi connectivity index (χ4n) is 3.02. The molecule has 5 nitrogen and oxygen atoms in total. The summed E-state index contributed by atoms with van der Waals surface area (Å²) < 4.78 is 2.13. The van der Waals surface area contributed by atoms with Crippen molar-refractivity contribution in [3.8, 4) is 0 Å². The van der Waals surface area contributed by atoms with Crippen LogP contribution < -0.4 is 5.32 Å². The third-order valence-electron chi connectivity index (χ3n) is 4.44. The Kier molecular flexibility index (Phi) is 5.62. The molecule has 28 heavy (non-hydrogen) atoms. The molecule has 2 aromatic carbocycles. The van der Waals surface area contributed by atoms with E-state index in [4.69, 9.17) is 23.2 Å². The van der Waals surface area contributed by atoms with E-state index < -0.39 is 5.25 Å². The number of amides is 1. The number of hydrogen-bond donors (Lipinski definition) is 1. The van der Waals surface area contributed by atoms with Gasteiger partial charge in [-0.1, -0.05) is 65.3 Å². The van der Waals surface area contributed by atoms with Crippen molar-refractivity contribution in [3.05, 3.63) is 70.0 Å². The van der Waals surface area contributed by atoms with E-state index in [1.54, 1.807) is 18.2 Å². The standard InChI is InChI=1S/C20H18Cl2N4OS/c1-12-24-25-20(26(12)17-7-8-17)28-18(13-5-3-2-4-6-13)19(27)23-16-10-14(21)9-15(22)11-16/h2-6,9-11,17-18H,7-8H2,1H3,(H,23,27). The summed E-state index contributed by atoms with van der Waals surface area (Å²) in [5, 5.41) is 12.7. The molecular formula is C20H18Cl2N4OS. The minimum absolute atomic E-state index is 0.169. The lowest BCUT2D eigenvalue weighted by Gasteiger charge is -2.17. The van der Waals surface area contributed by atoms with Gasteiger partial charge < -0.3 is 9.88 Å². The molecule has 0 radical (unpaired) electrons. The zero-order chi connectivity index (χ0) is 19.7. The Morgan fingerprint density at radius 1 is 1.14 bits per heavy atom. The van der Waals surface area contributed by atoms with E-state index in [0.29, 0.717) is 21.8 Å². The van der Waals surface area contributed by atoms with Gasteiger partial charge in [-0.3, -0.25) is 4.79 Å². The summed E-state index contributed by atoms with van der Waals surface area (Å²) in [6, 6.07) is 15.1. The molecule has 1 aliphatic rings. The molecule has 144 valence electrons. The van der Waals surface area contributed by atoms with Crippen molar-refractivity contribution in [2.45, 2.75) is 36.2 Å². The first-order valence-corrected chi connectivity index (χ1v) is 10.5. The monoisotopic (exact) mass is 432 g/mol. The zero-order valence-corrected chi connectivity index (χ0v) is 17.4. The Hall–Kier alpha value is -2.02. The Morgan fingerprint density at radius 3 is 2.46 bits per heavy atom. The third kappa shape index (κ3) is 4.35. The first-order chi connectivity index (χ1) is 13.5. The number of carbonyl (C=O) groups excluding carboxylic acids is 1. The summed E-state index contributed by atoms with van der Waals surface area (Å²) in [4.78, 5) is 13.2. The average Bonchev–Trinajstić information content (AvgIpc) is 3.42. The SMILES string of the molecule is Cc1nnc(SC(C(=O)Nc2cc(Cl)cc(Cl)c2)c2ccccc2)n1C1CC1. The maximum atomic E-state index is 13.2. The maximum Gasteiger partial charge on any atom is 0.242 e. The molecule has 1 amide bonds. The van der Waals surface area contributed by atoms with Crippen LogP contribution in [0.2, 0.25) is 10.0 Å². The highest BCUT2D eigenvalue weighted by molar-refractivity contribution is 8.00. The summed E-state index contributed by atoms with van der Waals surface area (Å²) >= 11 is 13.5. The fraction of sp³-hybridized carbons (Fsp3) is 0.250. The molecule has 1 unspecified atom stereocenters. The minimum atomic E-state index is -0.486. The maximum absolute atomic E-state index is 13.2. The van der Waals surface area contributed by atoms with Crippen molar-refractivity contribution in [1.82, 2.24) is 14.8 Å². The van der Waals surface area contributed by atoms with Crippen LogP contribution >= 0.6 is 35.0 Å². The predicted octanol–water partition coefficient (Wildman–Crippen LogP) is 5.70. The Bertz CT molecular complexity index is 984. The van der Waals surface area contributed by atoms with E-state index in [-0.39, 0.29) is 5.91 Å². The number of nitrogens with zero attached hydrogens (tertiary/aromatic N) is 3. The quantitative estimate of drug-likeness (QED) is 0.507. The Balaban J connectivity index is 1.63. The second kappa shape index (κ2) is 8.15. The summed E-state index contributed by atoms with van der Waals surface area (Å²) in [6.45, 7) is 1.95. The Morgan fingerprint density at radius 2 is 1.82 bits per heavy atom. The van der Waals surface area contributed by atoms with Crippen molar-refractivity contribution in [1.29, 1.82) is 0 Å². The molecule has 1 fully saturated rings. The van der Waals surface area contributed by atoms with E-state index in [9.17, 15) is 4.79 Å². The van der Waals surface area contributed by atoms with E-state index in [1.807, 2.05) is 37.3 Å². The molecule has 1 aromatic heterocycles. The molecule has 0 saturated heterocycles. The summed E-state index contributed by atoms with van der Waals surface area (Å²) in [6.07, 6.45) is 2.24. The van der Waals surface area contributed by atoms with Gasteiger partial charge in [0.15, 0.2) is 5.16 Å². The van der Waals surface area contributed by atoms with Crippen LogP contribution in [0.5, 0.6) is 0 Å². The van der Waals surface area contributed by atoms with E-state index in [1.165, 1.54) is 11.8 Å². The number of aryl methyl sites for hydroxylation is 1. The van der Waals surface area contributed by atoms with Crippen LogP contribution in [-0.2, 0) is 4.79 Å². The van der Waals surface area contributed by atoms with Crippen LogP contribution in [0.1, 0.15) is 35.5 Å². The number of hydrogen-bond acceptors (Lipinski definition) is 4. The smallest absolute Gasteiger partial charge is 0.242 e. The van der Waals surface area contributed by atoms with Gasteiger partial charge in [-0.05, 0) is 43.5 Å². The zero-order valence-electron chi connectivity index (χ0n) is 15.1. The lowest BCUT2D eigenvalue weighted by atomic mass is 10.1. The first kappa shape index (κ1) is 19.3. The van der Waals surface area contributed by atoms with Gasteiger partial charge in [0.25, 0.3) is 0 Å². The van der Waals surface area contributed by atoms with Gasteiger partial charge in [-0.25, -0.2) is 0 Å². The molecule has 8 heteroatoms. The third-order valence-corrected chi connectivity index (χ3v) is 6.09. The molecule has 0 bridgehead atoms. The Labute approximate surface area is 177 Å². The highest BCUT2D eigenvalue weighted by atomic mass is 35.5. The summed E-state index contributed by atoms with van der Waals surface area (Å²) in [5.41, 5.74) is 1.45. The molecule has 1 atom stereocenters. The normalized spacial score (nSPS) is 14.7. The van der Waals surface area contributed by atoms with Crippen LogP contribution in [0.3, 0.4) is 0 Å². The molecule has 1 heterocycles. The second-order valence-electron chi connectivity index (χ2n) is 6.69.